The van der Waals surface area contributed by atoms with Gasteiger partial charge in [-0.2, -0.15) is 0 Å². The summed E-state index contributed by atoms with van der Waals surface area (Å²) in [5, 5.41) is 0. The van der Waals surface area contributed by atoms with Gasteiger partial charge in [-0.3, -0.25) is 9.80 Å². The van der Waals surface area contributed by atoms with E-state index in [0.717, 1.165) is 5.92 Å². The van der Waals surface area contributed by atoms with Crippen LogP contribution >= 0.6 is 0 Å². The molecule has 0 aromatic rings. The van der Waals surface area contributed by atoms with E-state index in [1.807, 2.05) is 0 Å². The van der Waals surface area contributed by atoms with Crippen LogP contribution in [-0.2, 0) is 4.74 Å². The maximum absolute atomic E-state index is 6.05. The van der Waals surface area contributed by atoms with E-state index in [1.165, 1.54) is 25.7 Å². The van der Waals surface area contributed by atoms with Gasteiger partial charge in [-0.1, -0.05) is 19.8 Å². The Balaban J connectivity index is 2.24. The SMILES string of the molecule is CCCCC1CC1OC(N(C)C)N(C)C. The molecule has 0 aromatic heterocycles. The third-order valence-electron chi connectivity index (χ3n) is 2.97. The van der Waals surface area contributed by atoms with Crippen LogP contribution in [0.3, 0.4) is 0 Å². The zero-order valence-corrected chi connectivity index (χ0v) is 10.9. The second-order valence-corrected chi connectivity index (χ2v) is 5.07. The summed E-state index contributed by atoms with van der Waals surface area (Å²) in [6.45, 7) is 2.25. The molecule has 2 atom stereocenters. The molecule has 1 saturated carbocycles. The second kappa shape index (κ2) is 5.83. The Kier molecular flexibility index (Phi) is 5.03. The summed E-state index contributed by atoms with van der Waals surface area (Å²) in [5.41, 5.74) is 0. The van der Waals surface area contributed by atoms with Crippen LogP contribution in [0.15, 0.2) is 0 Å². The lowest BCUT2D eigenvalue weighted by Gasteiger charge is -2.30. The number of unbranched alkanes of at least 4 members (excludes halogenated alkanes) is 1. The van der Waals surface area contributed by atoms with Gasteiger partial charge in [0.05, 0.1) is 6.10 Å². The molecule has 3 heteroatoms. The van der Waals surface area contributed by atoms with E-state index in [0.29, 0.717) is 6.10 Å². The first-order valence-corrected chi connectivity index (χ1v) is 6.04. The third kappa shape index (κ3) is 4.09. The van der Waals surface area contributed by atoms with Gasteiger partial charge in [-0.05, 0) is 47.0 Å². The van der Waals surface area contributed by atoms with Crippen molar-refractivity contribution in [1.82, 2.24) is 9.80 Å². The van der Waals surface area contributed by atoms with Crippen LogP contribution in [0.1, 0.15) is 32.6 Å². The predicted octanol–water partition coefficient (Wildman–Crippen LogP) is 1.99. The van der Waals surface area contributed by atoms with Crippen molar-refractivity contribution in [2.75, 3.05) is 28.2 Å². The highest BCUT2D eigenvalue weighted by Crippen LogP contribution is 2.39. The summed E-state index contributed by atoms with van der Waals surface area (Å²) in [6, 6.07) is 0. The minimum atomic E-state index is 0.127. The van der Waals surface area contributed by atoms with Crippen LogP contribution in [0.25, 0.3) is 0 Å². The molecule has 3 nitrogen and oxygen atoms in total. The Morgan fingerprint density at radius 2 is 1.80 bits per heavy atom. The Bertz CT molecular complexity index is 174. The zero-order valence-electron chi connectivity index (χ0n) is 10.9. The molecular formula is C12H26N2O. The fourth-order valence-corrected chi connectivity index (χ4v) is 2.02. The summed E-state index contributed by atoms with van der Waals surface area (Å²) >= 11 is 0. The monoisotopic (exact) mass is 214 g/mol. The van der Waals surface area contributed by atoms with Crippen LogP contribution in [0.4, 0.5) is 0 Å². The van der Waals surface area contributed by atoms with Crippen LogP contribution < -0.4 is 0 Å². The highest BCUT2D eigenvalue weighted by Gasteiger charge is 2.39. The van der Waals surface area contributed by atoms with Crippen molar-refractivity contribution in [3.8, 4) is 0 Å². The number of hydrogen-bond acceptors (Lipinski definition) is 3. The highest BCUT2D eigenvalue weighted by molar-refractivity contribution is 4.88. The summed E-state index contributed by atoms with van der Waals surface area (Å²) in [5.74, 6) is 0.826. The Morgan fingerprint density at radius 3 is 2.27 bits per heavy atom. The van der Waals surface area contributed by atoms with E-state index in [2.05, 4.69) is 44.9 Å². The summed E-state index contributed by atoms with van der Waals surface area (Å²) < 4.78 is 6.05. The van der Waals surface area contributed by atoms with Gasteiger partial charge in [0.1, 0.15) is 0 Å². The lowest BCUT2D eigenvalue weighted by atomic mass is 10.2. The van der Waals surface area contributed by atoms with Gasteiger partial charge in [-0.15, -0.1) is 0 Å². The summed E-state index contributed by atoms with van der Waals surface area (Å²) in [4.78, 5) is 4.24. The van der Waals surface area contributed by atoms with Crippen molar-refractivity contribution in [3.05, 3.63) is 0 Å². The molecule has 1 fully saturated rings. The molecule has 1 aliphatic carbocycles. The van der Waals surface area contributed by atoms with E-state index in [9.17, 15) is 0 Å². The Labute approximate surface area is 94.4 Å². The van der Waals surface area contributed by atoms with Crippen molar-refractivity contribution in [2.24, 2.45) is 5.92 Å². The van der Waals surface area contributed by atoms with E-state index < -0.39 is 0 Å². The summed E-state index contributed by atoms with van der Waals surface area (Å²) in [6.07, 6.45) is 5.88. The van der Waals surface area contributed by atoms with Gasteiger partial charge in [0, 0.05) is 0 Å². The van der Waals surface area contributed by atoms with E-state index in [4.69, 9.17) is 4.74 Å². The molecular weight excluding hydrogens is 188 g/mol. The van der Waals surface area contributed by atoms with E-state index in [1.54, 1.807) is 0 Å². The maximum Gasteiger partial charge on any atom is 0.167 e. The smallest absolute Gasteiger partial charge is 0.167 e. The number of rotatable bonds is 7. The van der Waals surface area contributed by atoms with Gasteiger partial charge >= 0.3 is 0 Å². The Hall–Kier alpha value is -0.120. The first-order chi connectivity index (χ1) is 7.06. The lowest BCUT2D eigenvalue weighted by molar-refractivity contribution is -0.129. The van der Waals surface area contributed by atoms with Gasteiger partial charge in [0.2, 0.25) is 0 Å². The molecule has 0 amide bonds. The largest absolute Gasteiger partial charge is 0.346 e. The molecule has 1 rings (SSSR count). The highest BCUT2D eigenvalue weighted by atomic mass is 16.5. The molecule has 0 heterocycles. The molecule has 2 unspecified atom stereocenters. The lowest BCUT2D eigenvalue weighted by Crippen LogP contribution is -2.43. The van der Waals surface area contributed by atoms with Gasteiger partial charge in [0.25, 0.3) is 0 Å². The van der Waals surface area contributed by atoms with Crippen molar-refractivity contribution in [1.29, 1.82) is 0 Å². The molecule has 0 aliphatic heterocycles. The molecule has 0 saturated heterocycles. The second-order valence-electron chi connectivity index (χ2n) is 5.07. The van der Waals surface area contributed by atoms with Gasteiger partial charge in [-0.25, -0.2) is 0 Å². The molecule has 0 spiro atoms. The van der Waals surface area contributed by atoms with Crippen LogP contribution in [0.2, 0.25) is 0 Å². The average Bonchev–Trinajstić information content (AvgIpc) is 2.88. The quantitative estimate of drug-likeness (QED) is 0.603. The molecule has 15 heavy (non-hydrogen) atoms. The van der Waals surface area contributed by atoms with Gasteiger partial charge < -0.3 is 4.74 Å². The van der Waals surface area contributed by atoms with Crippen molar-refractivity contribution >= 4 is 0 Å². The summed E-state index contributed by atoms with van der Waals surface area (Å²) in [7, 11) is 8.25. The number of ether oxygens (including phenoxy) is 1. The minimum Gasteiger partial charge on any atom is -0.346 e. The van der Waals surface area contributed by atoms with E-state index >= 15 is 0 Å². The minimum absolute atomic E-state index is 0.127. The van der Waals surface area contributed by atoms with Crippen LogP contribution in [-0.4, -0.2) is 50.4 Å². The average molecular weight is 214 g/mol. The predicted molar refractivity (Wildman–Crippen MR) is 63.7 cm³/mol. The van der Waals surface area contributed by atoms with Gasteiger partial charge in [0.15, 0.2) is 6.35 Å². The fourth-order valence-electron chi connectivity index (χ4n) is 2.02. The molecule has 0 aromatic carbocycles. The third-order valence-corrected chi connectivity index (χ3v) is 2.97. The molecule has 1 aliphatic rings. The van der Waals surface area contributed by atoms with Crippen molar-refractivity contribution < 1.29 is 4.74 Å². The Morgan fingerprint density at radius 1 is 1.20 bits per heavy atom. The first kappa shape index (κ1) is 12.9. The van der Waals surface area contributed by atoms with Crippen molar-refractivity contribution in [3.63, 3.8) is 0 Å². The first-order valence-electron chi connectivity index (χ1n) is 6.04. The molecule has 0 N–H and O–H groups in total. The van der Waals surface area contributed by atoms with E-state index in [-0.39, 0.29) is 6.35 Å². The maximum atomic E-state index is 6.05. The van der Waals surface area contributed by atoms with Crippen LogP contribution in [0, 0.1) is 5.92 Å². The molecule has 90 valence electrons. The number of nitrogens with zero attached hydrogens (tertiary/aromatic N) is 2. The fraction of sp³-hybridized carbons (Fsp3) is 1.00. The zero-order chi connectivity index (χ0) is 11.4. The van der Waals surface area contributed by atoms with Crippen LogP contribution in [0.5, 0.6) is 0 Å². The molecule has 0 bridgehead atoms. The van der Waals surface area contributed by atoms with Crippen molar-refractivity contribution in [2.45, 2.75) is 45.1 Å². The number of hydrogen-bond donors (Lipinski definition) is 0. The molecule has 0 radical (unpaired) electrons. The normalized spacial score (nSPS) is 25.6. The standard InChI is InChI=1S/C12H26N2O/c1-6-7-8-10-9-11(10)15-12(13(2)3)14(4)5/h10-12H,6-9H2,1-5H3. The topological polar surface area (TPSA) is 15.7 Å².